The van der Waals surface area contributed by atoms with Crippen LogP contribution in [0.4, 0.5) is 0 Å². The van der Waals surface area contributed by atoms with E-state index in [2.05, 4.69) is 4.72 Å². The molecular formula is C24H30ClNO7S. The van der Waals surface area contributed by atoms with Crippen LogP contribution in [0.3, 0.4) is 0 Å². The number of sulfonamides is 1. The lowest BCUT2D eigenvalue weighted by molar-refractivity contribution is 0.325. The molecule has 2 aromatic rings. The van der Waals surface area contributed by atoms with Crippen LogP contribution in [0.5, 0.6) is 23.0 Å². The van der Waals surface area contributed by atoms with E-state index in [1.165, 1.54) is 34.5 Å². The molecule has 3 rings (SSSR count). The van der Waals surface area contributed by atoms with Gasteiger partial charge in [-0.2, -0.15) is 0 Å². The van der Waals surface area contributed by atoms with Crippen LogP contribution in [0.25, 0.3) is 11.1 Å². The van der Waals surface area contributed by atoms with Crippen LogP contribution >= 0.6 is 11.6 Å². The maximum Gasteiger partial charge on any atom is 0.220 e. The Morgan fingerprint density at radius 2 is 1.59 bits per heavy atom. The number of methoxy groups -OCH3 is 4. The zero-order valence-electron chi connectivity index (χ0n) is 20.4. The third kappa shape index (κ3) is 4.44. The molecule has 34 heavy (non-hydrogen) atoms. The van der Waals surface area contributed by atoms with E-state index in [1.807, 2.05) is 0 Å². The number of ether oxygens (including phenoxy) is 4. The van der Waals surface area contributed by atoms with Gasteiger partial charge in [0.1, 0.15) is 0 Å². The Morgan fingerprint density at radius 3 is 2.12 bits per heavy atom. The van der Waals surface area contributed by atoms with Gasteiger partial charge in [-0.15, -0.1) is 0 Å². The summed E-state index contributed by atoms with van der Waals surface area (Å²) in [5, 5.41) is 0.334. The van der Waals surface area contributed by atoms with Crippen LogP contribution in [0.1, 0.15) is 44.4 Å². The van der Waals surface area contributed by atoms with Gasteiger partial charge in [-0.1, -0.05) is 17.7 Å². The minimum atomic E-state index is -3.74. The van der Waals surface area contributed by atoms with Gasteiger partial charge in [-0.05, 0) is 62.4 Å². The van der Waals surface area contributed by atoms with E-state index in [0.717, 1.165) is 0 Å². The number of fused-ring (bicyclic) bond motifs is 3. The van der Waals surface area contributed by atoms with Gasteiger partial charge >= 0.3 is 0 Å². The van der Waals surface area contributed by atoms with Crippen molar-refractivity contribution >= 4 is 21.6 Å². The molecule has 0 unspecified atom stereocenters. The quantitative estimate of drug-likeness (QED) is 0.623. The van der Waals surface area contributed by atoms with Gasteiger partial charge in [-0.25, -0.2) is 13.1 Å². The fraction of sp³-hybridized carbons (Fsp3) is 0.458. The van der Waals surface area contributed by atoms with E-state index in [9.17, 15) is 13.2 Å². The SMILES string of the molecule is COc1c(Cl)c2c(c(OC)c1OC)-c1ccc(OC)c(=O)cc1[C@@H](NS(=O)(=O)C(C)(C)C)CC2. The van der Waals surface area contributed by atoms with Crippen molar-refractivity contribution in [2.24, 2.45) is 0 Å². The smallest absolute Gasteiger partial charge is 0.220 e. The Hall–Kier alpha value is -2.49. The van der Waals surface area contributed by atoms with E-state index >= 15 is 0 Å². The predicted octanol–water partition coefficient (Wildman–Crippen LogP) is 4.11. The monoisotopic (exact) mass is 511 g/mol. The van der Waals surface area contributed by atoms with Crippen LogP contribution in [-0.4, -0.2) is 41.6 Å². The molecule has 0 spiro atoms. The summed E-state index contributed by atoms with van der Waals surface area (Å²) in [4.78, 5) is 12.9. The molecule has 1 atom stereocenters. The zero-order chi connectivity index (χ0) is 25.4. The lowest BCUT2D eigenvalue weighted by atomic mass is 9.95. The lowest BCUT2D eigenvalue weighted by Gasteiger charge is -2.25. The summed E-state index contributed by atoms with van der Waals surface area (Å²) >= 11 is 6.77. The van der Waals surface area contributed by atoms with Gasteiger partial charge in [-0.3, -0.25) is 4.79 Å². The average Bonchev–Trinajstić information content (AvgIpc) is 3.01. The van der Waals surface area contributed by atoms with E-state index < -0.39 is 20.8 Å². The summed E-state index contributed by atoms with van der Waals surface area (Å²) in [7, 11) is 2.12. The minimum Gasteiger partial charge on any atom is -0.493 e. The van der Waals surface area contributed by atoms with Crippen LogP contribution in [-0.2, 0) is 16.4 Å². The summed E-state index contributed by atoms with van der Waals surface area (Å²) in [6.45, 7) is 4.85. The van der Waals surface area contributed by atoms with Crippen LogP contribution in [0, 0.1) is 0 Å². The van der Waals surface area contributed by atoms with Gasteiger partial charge in [0, 0.05) is 11.6 Å². The maximum atomic E-state index is 13.1. The number of nitrogens with one attached hydrogen (secondary N) is 1. The number of rotatable bonds is 6. The fourth-order valence-electron chi connectivity index (χ4n) is 4.02. The normalized spacial score (nSPS) is 15.6. The number of hydrogen-bond donors (Lipinski definition) is 1. The van der Waals surface area contributed by atoms with E-state index in [4.69, 9.17) is 30.5 Å². The van der Waals surface area contributed by atoms with Gasteiger partial charge in [0.05, 0.1) is 38.2 Å². The lowest BCUT2D eigenvalue weighted by Crippen LogP contribution is -2.41. The first-order chi connectivity index (χ1) is 15.9. The molecule has 10 heteroatoms. The Morgan fingerprint density at radius 1 is 0.971 bits per heavy atom. The molecule has 0 bridgehead atoms. The van der Waals surface area contributed by atoms with Crippen molar-refractivity contribution in [2.75, 3.05) is 28.4 Å². The molecule has 0 amide bonds. The third-order valence-corrected chi connectivity index (χ3v) is 8.52. The topological polar surface area (TPSA) is 100 Å². The number of benzene rings is 1. The van der Waals surface area contributed by atoms with Crippen molar-refractivity contribution in [3.8, 4) is 34.1 Å². The van der Waals surface area contributed by atoms with E-state index in [-0.39, 0.29) is 11.2 Å². The molecule has 0 aliphatic heterocycles. The molecule has 0 saturated carbocycles. The largest absolute Gasteiger partial charge is 0.493 e. The highest BCUT2D eigenvalue weighted by Crippen LogP contribution is 2.54. The first-order valence-electron chi connectivity index (χ1n) is 10.7. The van der Waals surface area contributed by atoms with Gasteiger partial charge in [0.15, 0.2) is 17.2 Å². The highest BCUT2D eigenvalue weighted by atomic mass is 35.5. The summed E-state index contributed by atoms with van der Waals surface area (Å²) in [5.41, 5.74) is 2.00. The summed E-state index contributed by atoms with van der Waals surface area (Å²) in [6, 6.07) is 3.97. The van der Waals surface area contributed by atoms with Crippen LogP contribution in [0.2, 0.25) is 5.02 Å². The van der Waals surface area contributed by atoms with Crippen molar-refractivity contribution in [2.45, 2.75) is 44.4 Å². The molecule has 2 aromatic carbocycles. The fourth-order valence-corrected chi connectivity index (χ4v) is 5.35. The summed E-state index contributed by atoms with van der Waals surface area (Å²) in [6.07, 6.45) is 0.741. The summed E-state index contributed by atoms with van der Waals surface area (Å²) in [5.74, 6) is 1.11. The predicted molar refractivity (Wildman–Crippen MR) is 132 cm³/mol. The molecule has 1 aliphatic rings. The zero-order valence-corrected chi connectivity index (χ0v) is 21.9. The molecule has 1 aliphatic carbocycles. The second-order valence-corrected chi connectivity index (χ2v) is 11.7. The number of hydrogen-bond acceptors (Lipinski definition) is 7. The van der Waals surface area contributed by atoms with Gasteiger partial charge in [0.25, 0.3) is 0 Å². The molecule has 0 heterocycles. The van der Waals surface area contributed by atoms with Crippen molar-refractivity contribution in [1.82, 2.24) is 4.72 Å². The molecule has 1 N–H and O–H groups in total. The Kier molecular flexibility index (Phi) is 7.40. The second kappa shape index (κ2) is 9.64. The molecule has 186 valence electrons. The Bertz CT molecular complexity index is 1270. The average molecular weight is 512 g/mol. The highest BCUT2D eigenvalue weighted by Gasteiger charge is 2.36. The van der Waals surface area contributed by atoms with Crippen molar-refractivity contribution in [1.29, 1.82) is 0 Å². The second-order valence-electron chi connectivity index (χ2n) is 8.87. The minimum absolute atomic E-state index is 0.123. The molecule has 8 nitrogen and oxygen atoms in total. The Balaban J connectivity index is 2.44. The van der Waals surface area contributed by atoms with Gasteiger partial charge < -0.3 is 18.9 Å². The summed E-state index contributed by atoms with van der Waals surface area (Å²) < 4.78 is 50.0. The van der Waals surface area contributed by atoms with Gasteiger partial charge in [0.2, 0.25) is 21.2 Å². The Labute approximate surface area is 205 Å². The molecule has 0 aromatic heterocycles. The molecular weight excluding hydrogens is 482 g/mol. The van der Waals surface area contributed by atoms with Crippen LogP contribution in [0.15, 0.2) is 23.0 Å². The van der Waals surface area contributed by atoms with Crippen LogP contribution < -0.4 is 29.1 Å². The maximum absolute atomic E-state index is 13.1. The number of halogens is 1. The highest BCUT2D eigenvalue weighted by molar-refractivity contribution is 7.90. The van der Waals surface area contributed by atoms with E-state index in [0.29, 0.717) is 57.4 Å². The molecule has 0 radical (unpaired) electrons. The first kappa shape index (κ1) is 26.1. The third-order valence-electron chi connectivity index (χ3n) is 5.91. The van der Waals surface area contributed by atoms with Crippen molar-refractivity contribution in [3.63, 3.8) is 0 Å². The standard InChI is InChI=1S/C24H30ClNO7S/c1-24(2,3)34(28,29)26-16-10-8-14-19(13-9-11-18(30-4)17(27)12-15(13)16)21(31-5)23(33-7)22(32-6)20(14)25/h9,11-12,16,26H,8,10H2,1-7H3/t16-/m0/s1. The van der Waals surface area contributed by atoms with Crippen molar-refractivity contribution in [3.05, 3.63) is 44.6 Å². The van der Waals surface area contributed by atoms with Crippen molar-refractivity contribution < 1.29 is 27.4 Å². The molecule has 0 fully saturated rings. The first-order valence-corrected chi connectivity index (χ1v) is 12.5. The molecule has 0 saturated heterocycles. The van der Waals surface area contributed by atoms with E-state index in [1.54, 1.807) is 32.9 Å².